The van der Waals surface area contributed by atoms with Gasteiger partial charge in [-0.1, -0.05) is 18.9 Å². The van der Waals surface area contributed by atoms with Crippen molar-refractivity contribution in [1.82, 2.24) is 9.21 Å². The van der Waals surface area contributed by atoms with Crippen molar-refractivity contribution in [2.24, 2.45) is 0 Å². The number of carbonyl (C=O) groups is 2. The molecule has 0 aromatic heterocycles. The number of amides is 1. The van der Waals surface area contributed by atoms with Gasteiger partial charge in [0.1, 0.15) is 5.54 Å². The standard InChI is InChI=1S/C19H26N2O5S/c1-19(18(23)24)10-7-13-21(19)17(22)15-8-6-9-16(14-15)27(25,26)20-11-4-2-3-5-12-20/h6,8-9,14H,2-5,7,10-13H2,1H3,(H,23,24). The number of sulfonamides is 1. The van der Waals surface area contributed by atoms with Crippen LogP contribution in [0.1, 0.15) is 55.8 Å². The minimum Gasteiger partial charge on any atom is -0.480 e. The first-order valence-corrected chi connectivity index (χ1v) is 10.9. The summed E-state index contributed by atoms with van der Waals surface area (Å²) in [5.41, 5.74) is -1.04. The highest BCUT2D eigenvalue weighted by Crippen LogP contribution is 2.31. The Bertz CT molecular complexity index is 830. The lowest BCUT2D eigenvalue weighted by molar-refractivity contribution is -0.147. The molecule has 1 N–H and O–H groups in total. The molecule has 148 valence electrons. The van der Waals surface area contributed by atoms with Crippen LogP contribution in [0, 0.1) is 0 Å². The van der Waals surface area contributed by atoms with Gasteiger partial charge < -0.3 is 10.0 Å². The molecule has 1 aromatic rings. The topological polar surface area (TPSA) is 95.0 Å². The molecule has 0 aliphatic carbocycles. The molecular weight excluding hydrogens is 368 g/mol. The van der Waals surface area contributed by atoms with Gasteiger partial charge >= 0.3 is 5.97 Å². The van der Waals surface area contributed by atoms with Crippen molar-refractivity contribution < 1.29 is 23.1 Å². The van der Waals surface area contributed by atoms with Crippen LogP contribution >= 0.6 is 0 Å². The molecule has 27 heavy (non-hydrogen) atoms. The van der Waals surface area contributed by atoms with Crippen molar-refractivity contribution in [3.8, 4) is 0 Å². The third-order valence-electron chi connectivity index (χ3n) is 5.63. The van der Waals surface area contributed by atoms with Gasteiger partial charge in [-0.25, -0.2) is 13.2 Å². The molecule has 2 aliphatic rings. The van der Waals surface area contributed by atoms with E-state index in [1.807, 2.05) is 0 Å². The maximum absolute atomic E-state index is 13.0. The molecule has 0 spiro atoms. The summed E-state index contributed by atoms with van der Waals surface area (Å²) in [6.45, 7) is 2.87. The third kappa shape index (κ3) is 3.73. The fourth-order valence-electron chi connectivity index (χ4n) is 3.89. The van der Waals surface area contributed by atoms with Crippen LogP contribution in [0.2, 0.25) is 0 Å². The van der Waals surface area contributed by atoms with E-state index in [1.54, 1.807) is 12.1 Å². The Labute approximate surface area is 160 Å². The first kappa shape index (κ1) is 19.8. The van der Waals surface area contributed by atoms with Gasteiger partial charge in [0, 0.05) is 25.2 Å². The van der Waals surface area contributed by atoms with Crippen molar-refractivity contribution in [2.75, 3.05) is 19.6 Å². The van der Waals surface area contributed by atoms with Crippen molar-refractivity contribution in [1.29, 1.82) is 0 Å². The number of aliphatic carboxylic acids is 1. The van der Waals surface area contributed by atoms with E-state index >= 15 is 0 Å². The second-order valence-corrected chi connectivity index (χ2v) is 9.42. The molecule has 7 nitrogen and oxygen atoms in total. The zero-order valence-electron chi connectivity index (χ0n) is 15.6. The summed E-state index contributed by atoms with van der Waals surface area (Å²) in [7, 11) is -3.66. The van der Waals surface area contributed by atoms with Crippen LogP contribution in [0.4, 0.5) is 0 Å². The number of rotatable bonds is 4. The van der Waals surface area contributed by atoms with Gasteiger partial charge in [0.2, 0.25) is 10.0 Å². The third-order valence-corrected chi connectivity index (χ3v) is 7.53. The lowest BCUT2D eigenvalue weighted by Gasteiger charge is -2.31. The predicted molar refractivity (Wildman–Crippen MR) is 100.0 cm³/mol. The minimum absolute atomic E-state index is 0.0893. The number of hydrogen-bond donors (Lipinski definition) is 1. The largest absolute Gasteiger partial charge is 0.480 e. The molecule has 0 saturated carbocycles. The normalized spacial score (nSPS) is 24.6. The lowest BCUT2D eigenvalue weighted by Crippen LogP contribution is -2.50. The van der Waals surface area contributed by atoms with Gasteiger partial charge in [-0.3, -0.25) is 4.79 Å². The Morgan fingerprint density at radius 2 is 1.70 bits per heavy atom. The van der Waals surface area contributed by atoms with E-state index in [4.69, 9.17) is 0 Å². The van der Waals surface area contributed by atoms with Gasteiger partial charge in [-0.15, -0.1) is 0 Å². The second-order valence-electron chi connectivity index (χ2n) is 7.49. The molecule has 1 aromatic carbocycles. The molecule has 2 fully saturated rings. The van der Waals surface area contributed by atoms with E-state index in [2.05, 4.69) is 0 Å². The lowest BCUT2D eigenvalue weighted by atomic mass is 9.98. The molecule has 8 heteroatoms. The molecular formula is C19H26N2O5S. The minimum atomic E-state index is -3.66. The fraction of sp³-hybridized carbons (Fsp3) is 0.579. The molecule has 0 bridgehead atoms. The molecule has 1 unspecified atom stereocenters. The number of carboxylic acid groups (broad SMARTS) is 1. The SMILES string of the molecule is CC1(C(=O)O)CCCN1C(=O)c1cccc(S(=O)(=O)N2CCCCCC2)c1. The van der Waals surface area contributed by atoms with Crippen LogP contribution in [0.15, 0.2) is 29.2 Å². The first-order valence-electron chi connectivity index (χ1n) is 9.42. The highest BCUT2D eigenvalue weighted by molar-refractivity contribution is 7.89. The highest BCUT2D eigenvalue weighted by atomic mass is 32.2. The van der Waals surface area contributed by atoms with Gasteiger partial charge in [-0.05, 0) is 50.8 Å². The van der Waals surface area contributed by atoms with Crippen LogP contribution in [0.5, 0.6) is 0 Å². The summed E-state index contributed by atoms with van der Waals surface area (Å²) in [6, 6.07) is 5.97. The van der Waals surface area contributed by atoms with Crippen molar-refractivity contribution in [2.45, 2.75) is 55.9 Å². The van der Waals surface area contributed by atoms with Gasteiger partial charge in [-0.2, -0.15) is 4.31 Å². The Hall–Kier alpha value is -1.93. The fourth-order valence-corrected chi connectivity index (χ4v) is 5.45. The summed E-state index contributed by atoms with van der Waals surface area (Å²) < 4.78 is 27.4. The molecule has 2 aliphatic heterocycles. The van der Waals surface area contributed by atoms with E-state index in [0.717, 1.165) is 25.7 Å². The van der Waals surface area contributed by atoms with Gasteiger partial charge in [0.15, 0.2) is 0 Å². The van der Waals surface area contributed by atoms with Gasteiger partial charge in [0.25, 0.3) is 5.91 Å². The van der Waals surface area contributed by atoms with E-state index in [-0.39, 0.29) is 10.5 Å². The summed E-state index contributed by atoms with van der Waals surface area (Å²) in [6.07, 6.45) is 4.71. The summed E-state index contributed by atoms with van der Waals surface area (Å²) in [5.74, 6) is -1.48. The summed E-state index contributed by atoms with van der Waals surface area (Å²) in [5, 5.41) is 9.52. The summed E-state index contributed by atoms with van der Waals surface area (Å²) in [4.78, 5) is 26.0. The molecule has 0 radical (unpaired) electrons. The van der Waals surface area contributed by atoms with Crippen LogP contribution in [-0.2, 0) is 14.8 Å². The number of benzene rings is 1. The Balaban J connectivity index is 1.89. The van der Waals surface area contributed by atoms with Crippen molar-refractivity contribution >= 4 is 21.9 Å². The van der Waals surface area contributed by atoms with Crippen LogP contribution in [-0.4, -0.2) is 59.8 Å². The maximum Gasteiger partial charge on any atom is 0.329 e. The number of carboxylic acids is 1. The maximum atomic E-state index is 13.0. The number of nitrogens with zero attached hydrogens (tertiary/aromatic N) is 2. The Morgan fingerprint density at radius 1 is 1.04 bits per heavy atom. The van der Waals surface area contributed by atoms with Crippen LogP contribution < -0.4 is 0 Å². The number of hydrogen-bond acceptors (Lipinski definition) is 4. The van der Waals surface area contributed by atoms with Crippen LogP contribution in [0.25, 0.3) is 0 Å². The van der Waals surface area contributed by atoms with E-state index in [9.17, 15) is 23.1 Å². The molecule has 3 rings (SSSR count). The zero-order valence-corrected chi connectivity index (χ0v) is 16.4. The quantitative estimate of drug-likeness (QED) is 0.846. The molecule has 2 heterocycles. The highest BCUT2D eigenvalue weighted by Gasteiger charge is 2.46. The van der Waals surface area contributed by atoms with Gasteiger partial charge in [0.05, 0.1) is 4.90 Å². The predicted octanol–water partition coefficient (Wildman–Crippen LogP) is 2.33. The molecule has 1 amide bonds. The molecule has 1 atom stereocenters. The second kappa shape index (κ2) is 7.59. The number of carbonyl (C=O) groups excluding carboxylic acids is 1. The van der Waals surface area contributed by atoms with E-state index in [0.29, 0.717) is 32.5 Å². The average Bonchev–Trinajstić information content (AvgIpc) is 2.86. The first-order chi connectivity index (χ1) is 12.8. The van der Waals surface area contributed by atoms with E-state index in [1.165, 1.54) is 28.3 Å². The monoisotopic (exact) mass is 394 g/mol. The summed E-state index contributed by atoms with van der Waals surface area (Å²) >= 11 is 0. The van der Waals surface area contributed by atoms with Crippen molar-refractivity contribution in [3.63, 3.8) is 0 Å². The molecule has 2 saturated heterocycles. The number of likely N-dealkylation sites (tertiary alicyclic amines) is 1. The average molecular weight is 394 g/mol. The van der Waals surface area contributed by atoms with Crippen LogP contribution in [0.3, 0.4) is 0 Å². The van der Waals surface area contributed by atoms with E-state index < -0.39 is 27.4 Å². The Kier molecular flexibility index (Phi) is 5.58. The smallest absolute Gasteiger partial charge is 0.329 e. The zero-order chi connectivity index (χ0) is 19.7. The van der Waals surface area contributed by atoms with Crippen molar-refractivity contribution in [3.05, 3.63) is 29.8 Å². The Morgan fingerprint density at radius 3 is 2.33 bits per heavy atom.